The molecule has 0 spiro atoms. The Hall–Kier alpha value is -0.870. The van der Waals surface area contributed by atoms with Gasteiger partial charge in [0.1, 0.15) is 0 Å². The van der Waals surface area contributed by atoms with Crippen LogP contribution < -0.4 is 10.6 Å². The van der Waals surface area contributed by atoms with E-state index in [0.717, 1.165) is 17.9 Å². The molecule has 1 aliphatic rings. The second-order valence-corrected chi connectivity index (χ2v) is 6.37. The SMILES string of the molecule is CNC(=O)c1cc(NC2CSC(C)C2)ccc1Cl. The van der Waals surface area contributed by atoms with Crippen molar-refractivity contribution in [1.29, 1.82) is 0 Å². The first-order chi connectivity index (χ1) is 8.60. The van der Waals surface area contributed by atoms with Gasteiger partial charge in [-0.05, 0) is 24.6 Å². The Labute approximate surface area is 117 Å². The molecule has 0 saturated carbocycles. The summed E-state index contributed by atoms with van der Waals surface area (Å²) in [5.74, 6) is 0.955. The number of halogens is 1. The molecule has 0 radical (unpaired) electrons. The van der Waals surface area contributed by atoms with Crippen LogP contribution in [0, 0.1) is 0 Å². The lowest BCUT2D eigenvalue weighted by Gasteiger charge is -2.14. The Morgan fingerprint density at radius 3 is 2.89 bits per heavy atom. The quantitative estimate of drug-likeness (QED) is 0.896. The van der Waals surface area contributed by atoms with E-state index in [0.29, 0.717) is 21.9 Å². The predicted molar refractivity (Wildman–Crippen MR) is 78.8 cm³/mol. The molecule has 1 fully saturated rings. The van der Waals surface area contributed by atoms with E-state index >= 15 is 0 Å². The smallest absolute Gasteiger partial charge is 0.252 e. The number of nitrogens with one attached hydrogen (secondary N) is 2. The van der Waals surface area contributed by atoms with E-state index in [1.807, 2.05) is 23.9 Å². The van der Waals surface area contributed by atoms with Gasteiger partial charge in [0, 0.05) is 29.8 Å². The van der Waals surface area contributed by atoms with Gasteiger partial charge in [-0.2, -0.15) is 11.8 Å². The van der Waals surface area contributed by atoms with Gasteiger partial charge in [-0.15, -0.1) is 0 Å². The van der Waals surface area contributed by atoms with Crippen molar-refractivity contribution in [2.45, 2.75) is 24.6 Å². The Bertz CT molecular complexity index is 453. The van der Waals surface area contributed by atoms with E-state index in [1.165, 1.54) is 0 Å². The molecule has 2 atom stereocenters. The molecule has 0 aliphatic carbocycles. The van der Waals surface area contributed by atoms with Crippen molar-refractivity contribution in [2.24, 2.45) is 0 Å². The van der Waals surface area contributed by atoms with Crippen LogP contribution in [0.1, 0.15) is 23.7 Å². The third-order valence-corrected chi connectivity index (χ3v) is 4.69. The number of thioether (sulfide) groups is 1. The standard InChI is InChI=1S/C13H17ClN2OS/c1-8-5-10(7-18-8)16-9-3-4-12(14)11(6-9)13(17)15-2/h3-4,6,8,10,16H,5,7H2,1-2H3,(H,15,17). The maximum atomic E-state index is 11.6. The van der Waals surface area contributed by atoms with Crippen molar-refractivity contribution in [2.75, 3.05) is 18.1 Å². The summed E-state index contributed by atoms with van der Waals surface area (Å²) in [7, 11) is 1.61. The molecule has 1 amide bonds. The van der Waals surface area contributed by atoms with Crippen LogP contribution in [0.3, 0.4) is 0 Å². The van der Waals surface area contributed by atoms with E-state index in [9.17, 15) is 4.79 Å². The van der Waals surface area contributed by atoms with Gasteiger partial charge in [0.2, 0.25) is 0 Å². The van der Waals surface area contributed by atoms with E-state index in [1.54, 1.807) is 13.1 Å². The number of carbonyl (C=O) groups excluding carboxylic acids is 1. The van der Waals surface area contributed by atoms with Crippen LogP contribution in [0.15, 0.2) is 18.2 Å². The minimum Gasteiger partial charge on any atom is -0.381 e. The zero-order valence-electron chi connectivity index (χ0n) is 10.5. The highest BCUT2D eigenvalue weighted by molar-refractivity contribution is 8.00. The highest BCUT2D eigenvalue weighted by atomic mass is 35.5. The first-order valence-electron chi connectivity index (χ1n) is 6.00. The predicted octanol–water partition coefficient (Wildman–Crippen LogP) is 3.01. The van der Waals surface area contributed by atoms with Crippen molar-refractivity contribution in [3.05, 3.63) is 28.8 Å². The third-order valence-electron chi connectivity index (χ3n) is 3.01. The second kappa shape index (κ2) is 5.85. The highest BCUT2D eigenvalue weighted by Gasteiger charge is 2.21. The molecular weight excluding hydrogens is 268 g/mol. The maximum Gasteiger partial charge on any atom is 0.252 e. The highest BCUT2D eigenvalue weighted by Crippen LogP contribution is 2.29. The number of hydrogen-bond donors (Lipinski definition) is 2. The van der Waals surface area contributed by atoms with Crippen molar-refractivity contribution in [1.82, 2.24) is 5.32 Å². The summed E-state index contributed by atoms with van der Waals surface area (Å²) in [6.45, 7) is 2.24. The molecule has 2 unspecified atom stereocenters. The van der Waals surface area contributed by atoms with Gasteiger partial charge in [0.05, 0.1) is 10.6 Å². The molecule has 1 aromatic rings. The van der Waals surface area contributed by atoms with Crippen LogP contribution >= 0.6 is 23.4 Å². The van der Waals surface area contributed by atoms with E-state index < -0.39 is 0 Å². The number of benzene rings is 1. The van der Waals surface area contributed by atoms with Crippen LogP contribution in [-0.4, -0.2) is 30.0 Å². The normalized spacial score (nSPS) is 22.8. The zero-order chi connectivity index (χ0) is 13.1. The van der Waals surface area contributed by atoms with Gasteiger partial charge in [-0.3, -0.25) is 4.79 Å². The monoisotopic (exact) mass is 284 g/mol. The molecule has 5 heteroatoms. The molecule has 2 rings (SSSR count). The lowest BCUT2D eigenvalue weighted by molar-refractivity contribution is 0.0963. The first kappa shape index (κ1) is 13.6. The molecule has 1 aliphatic heterocycles. The molecular formula is C13H17ClN2OS. The summed E-state index contributed by atoms with van der Waals surface area (Å²) in [4.78, 5) is 11.6. The molecule has 2 N–H and O–H groups in total. The third kappa shape index (κ3) is 3.12. The number of hydrogen-bond acceptors (Lipinski definition) is 3. The van der Waals surface area contributed by atoms with Crippen LogP contribution in [0.25, 0.3) is 0 Å². The van der Waals surface area contributed by atoms with Gasteiger partial charge in [0.15, 0.2) is 0 Å². The minimum absolute atomic E-state index is 0.155. The van der Waals surface area contributed by atoms with Crippen molar-refractivity contribution in [3.63, 3.8) is 0 Å². The molecule has 0 aromatic heterocycles. The van der Waals surface area contributed by atoms with Gasteiger partial charge >= 0.3 is 0 Å². The first-order valence-corrected chi connectivity index (χ1v) is 7.42. The number of rotatable bonds is 3. The van der Waals surface area contributed by atoms with Crippen molar-refractivity contribution >= 4 is 35.0 Å². The molecule has 98 valence electrons. The van der Waals surface area contributed by atoms with Gasteiger partial charge in [-0.25, -0.2) is 0 Å². The summed E-state index contributed by atoms with van der Waals surface area (Å²) in [5, 5.41) is 7.24. The average Bonchev–Trinajstić information content (AvgIpc) is 2.76. The van der Waals surface area contributed by atoms with E-state index in [4.69, 9.17) is 11.6 Å². The molecule has 3 nitrogen and oxygen atoms in total. The molecule has 1 heterocycles. The van der Waals surface area contributed by atoms with Gasteiger partial charge in [0.25, 0.3) is 5.91 Å². The summed E-state index contributed by atoms with van der Waals surface area (Å²) in [6, 6.07) is 5.97. The molecule has 1 aromatic carbocycles. The molecule has 0 bridgehead atoms. The Morgan fingerprint density at radius 2 is 2.28 bits per heavy atom. The summed E-state index contributed by atoms with van der Waals surface area (Å²) < 4.78 is 0. The van der Waals surface area contributed by atoms with Crippen LogP contribution in [-0.2, 0) is 0 Å². The molecule has 18 heavy (non-hydrogen) atoms. The zero-order valence-corrected chi connectivity index (χ0v) is 12.1. The maximum absolute atomic E-state index is 11.6. The Morgan fingerprint density at radius 1 is 1.50 bits per heavy atom. The number of carbonyl (C=O) groups is 1. The lowest BCUT2D eigenvalue weighted by Crippen LogP contribution is -2.21. The van der Waals surface area contributed by atoms with Crippen LogP contribution in [0.2, 0.25) is 5.02 Å². The lowest BCUT2D eigenvalue weighted by atomic mass is 10.1. The van der Waals surface area contributed by atoms with E-state index in [2.05, 4.69) is 17.6 Å². The average molecular weight is 285 g/mol. The Balaban J connectivity index is 2.12. The largest absolute Gasteiger partial charge is 0.381 e. The van der Waals surface area contributed by atoms with Crippen molar-refractivity contribution < 1.29 is 4.79 Å². The van der Waals surface area contributed by atoms with E-state index in [-0.39, 0.29) is 5.91 Å². The number of amides is 1. The molecule has 1 saturated heterocycles. The van der Waals surface area contributed by atoms with Crippen LogP contribution in [0.4, 0.5) is 5.69 Å². The minimum atomic E-state index is -0.155. The van der Waals surface area contributed by atoms with Crippen molar-refractivity contribution in [3.8, 4) is 0 Å². The van der Waals surface area contributed by atoms with Gasteiger partial charge < -0.3 is 10.6 Å². The fraction of sp³-hybridized carbons (Fsp3) is 0.462. The Kier molecular flexibility index (Phi) is 4.40. The fourth-order valence-corrected chi connectivity index (χ4v) is 3.43. The topological polar surface area (TPSA) is 41.1 Å². The summed E-state index contributed by atoms with van der Waals surface area (Å²) in [5.41, 5.74) is 1.47. The second-order valence-electron chi connectivity index (χ2n) is 4.49. The fourth-order valence-electron chi connectivity index (χ4n) is 2.08. The summed E-state index contributed by atoms with van der Waals surface area (Å²) >= 11 is 7.99. The van der Waals surface area contributed by atoms with Crippen LogP contribution in [0.5, 0.6) is 0 Å². The summed E-state index contributed by atoms with van der Waals surface area (Å²) in [6.07, 6.45) is 1.16. The van der Waals surface area contributed by atoms with Gasteiger partial charge in [-0.1, -0.05) is 18.5 Å². The number of anilines is 1.